The van der Waals surface area contributed by atoms with E-state index in [4.69, 9.17) is 26.1 Å². The van der Waals surface area contributed by atoms with Gasteiger partial charge in [0.15, 0.2) is 11.4 Å². The summed E-state index contributed by atoms with van der Waals surface area (Å²) in [5.41, 5.74) is 1.20. The Morgan fingerprint density at radius 1 is 1.18 bits per heavy atom. The Hall–Kier alpha value is -3.72. The Morgan fingerprint density at radius 2 is 2.00 bits per heavy atom. The van der Waals surface area contributed by atoms with Crippen molar-refractivity contribution in [1.29, 1.82) is 0 Å². The Balaban J connectivity index is 1.79. The van der Waals surface area contributed by atoms with Crippen LogP contribution in [-0.4, -0.2) is 45.8 Å². The number of halogens is 2. The van der Waals surface area contributed by atoms with Gasteiger partial charge in [-0.2, -0.15) is 4.98 Å². The van der Waals surface area contributed by atoms with Crippen LogP contribution in [0.15, 0.2) is 41.3 Å². The van der Waals surface area contributed by atoms with E-state index in [0.717, 1.165) is 25.8 Å². The van der Waals surface area contributed by atoms with Crippen LogP contribution in [0.5, 0.6) is 11.5 Å². The summed E-state index contributed by atoms with van der Waals surface area (Å²) in [4.78, 5) is 30.1. The quantitative estimate of drug-likeness (QED) is 0.340. The van der Waals surface area contributed by atoms with Gasteiger partial charge in [0.2, 0.25) is 0 Å². The highest BCUT2D eigenvalue weighted by Gasteiger charge is 2.35. The summed E-state index contributed by atoms with van der Waals surface area (Å²) >= 11 is 6.92. The van der Waals surface area contributed by atoms with E-state index in [-0.39, 0.29) is 33.9 Å². The van der Waals surface area contributed by atoms with Crippen molar-refractivity contribution in [3.63, 3.8) is 0 Å². The van der Waals surface area contributed by atoms with Crippen LogP contribution in [0.25, 0.3) is 28.0 Å². The Kier molecular flexibility index (Phi) is 6.18. The molecule has 0 bridgehead atoms. The first kappa shape index (κ1) is 24.6. The largest absolute Gasteiger partial charge is 0.494 e. The van der Waals surface area contributed by atoms with Gasteiger partial charge in [-0.15, -0.1) is 0 Å². The summed E-state index contributed by atoms with van der Waals surface area (Å²) in [5, 5.41) is 0.692. The monoisotopic (exact) mass is 535 g/mol. The first-order valence-corrected chi connectivity index (χ1v) is 13.1. The molecule has 2 aliphatic rings. The van der Waals surface area contributed by atoms with Gasteiger partial charge in [-0.25, -0.2) is 18.7 Å². The lowest BCUT2D eigenvalue weighted by molar-refractivity contribution is 0.267. The molecule has 1 saturated heterocycles. The minimum Gasteiger partial charge on any atom is -0.494 e. The SMILES string of the molecule is COc1ccnc(C(C)C)c1-n1c(=O)nc2c3c(c(Cl)c(-c4ccccc4F)nc31)OC[C@H]1CCCCN21. The van der Waals surface area contributed by atoms with Crippen molar-refractivity contribution in [3.8, 4) is 28.4 Å². The maximum absolute atomic E-state index is 15.0. The molecule has 2 aliphatic heterocycles. The number of hydrogen-bond donors (Lipinski definition) is 0. The van der Waals surface area contributed by atoms with Crippen LogP contribution in [-0.2, 0) is 0 Å². The van der Waals surface area contributed by atoms with Crippen molar-refractivity contribution < 1.29 is 13.9 Å². The number of methoxy groups -OCH3 is 1. The van der Waals surface area contributed by atoms with E-state index in [1.807, 2.05) is 13.8 Å². The van der Waals surface area contributed by atoms with Gasteiger partial charge < -0.3 is 14.4 Å². The topological polar surface area (TPSA) is 82.4 Å². The molecule has 0 aliphatic carbocycles. The summed E-state index contributed by atoms with van der Waals surface area (Å²) in [6, 6.07) is 8.00. The predicted molar refractivity (Wildman–Crippen MR) is 144 cm³/mol. The van der Waals surface area contributed by atoms with Crippen molar-refractivity contribution in [2.45, 2.75) is 45.1 Å². The second kappa shape index (κ2) is 9.54. The summed E-state index contributed by atoms with van der Waals surface area (Å²) in [5.74, 6) is 0.748. The number of benzene rings is 1. The predicted octanol–water partition coefficient (Wildman–Crippen LogP) is 5.52. The Morgan fingerprint density at radius 3 is 2.76 bits per heavy atom. The second-order valence-corrected chi connectivity index (χ2v) is 10.3. The standard InChI is InChI=1S/C28H27ClFN5O3/c1-15(2)22-24(19(37-3)11-12-31-22)35-27-20-25(21(29)23(32-27)17-9-4-5-10-18(17)30)38-14-16-8-6-7-13-34(16)26(20)33-28(35)36/h4-5,9-12,15-16H,6-8,13-14H2,1-3H3/t16-/m1/s1. The molecule has 196 valence electrons. The van der Waals surface area contributed by atoms with Gasteiger partial charge in [0.1, 0.15) is 40.1 Å². The third-order valence-electron chi connectivity index (χ3n) is 7.26. The average Bonchev–Trinajstić information content (AvgIpc) is 3.08. The summed E-state index contributed by atoms with van der Waals surface area (Å²) < 4.78 is 28.5. The zero-order valence-corrected chi connectivity index (χ0v) is 22.1. The van der Waals surface area contributed by atoms with Crippen molar-refractivity contribution >= 4 is 28.5 Å². The molecule has 8 nitrogen and oxygen atoms in total. The lowest BCUT2D eigenvalue weighted by Gasteiger charge is -2.34. The van der Waals surface area contributed by atoms with Crippen LogP contribution in [0.4, 0.5) is 10.2 Å². The number of piperidine rings is 1. The molecular weight excluding hydrogens is 509 g/mol. The number of pyridine rings is 2. The average molecular weight is 536 g/mol. The number of ether oxygens (including phenoxy) is 2. The molecule has 0 saturated carbocycles. The number of hydrogen-bond acceptors (Lipinski definition) is 7. The molecule has 6 rings (SSSR count). The minimum atomic E-state index is -0.535. The molecular formula is C28H27ClFN5O3. The summed E-state index contributed by atoms with van der Waals surface area (Å²) in [6.45, 7) is 5.07. The fraction of sp³-hybridized carbons (Fsp3) is 0.357. The number of fused-ring (bicyclic) bond motifs is 2. The normalized spacial score (nSPS) is 16.8. The summed E-state index contributed by atoms with van der Waals surface area (Å²) in [7, 11) is 1.54. The Labute approximate surface area is 224 Å². The van der Waals surface area contributed by atoms with Gasteiger partial charge in [-0.1, -0.05) is 37.6 Å². The molecule has 3 aromatic heterocycles. The maximum Gasteiger partial charge on any atom is 0.356 e. The van der Waals surface area contributed by atoms with Gasteiger partial charge >= 0.3 is 5.69 Å². The molecule has 5 heterocycles. The molecule has 4 aromatic rings. The first-order chi connectivity index (χ1) is 18.4. The van der Waals surface area contributed by atoms with Crippen LogP contribution in [0.2, 0.25) is 5.02 Å². The maximum atomic E-state index is 15.0. The van der Waals surface area contributed by atoms with Crippen LogP contribution < -0.4 is 20.1 Å². The van der Waals surface area contributed by atoms with Gasteiger partial charge in [0.25, 0.3) is 0 Å². The van der Waals surface area contributed by atoms with Crippen LogP contribution in [0.3, 0.4) is 0 Å². The lowest BCUT2D eigenvalue weighted by atomic mass is 10.0. The van der Waals surface area contributed by atoms with Gasteiger partial charge in [0, 0.05) is 24.4 Å². The number of aromatic nitrogens is 4. The van der Waals surface area contributed by atoms with E-state index in [1.165, 1.54) is 17.7 Å². The first-order valence-electron chi connectivity index (χ1n) is 12.7. The van der Waals surface area contributed by atoms with E-state index in [9.17, 15) is 4.79 Å². The van der Waals surface area contributed by atoms with Gasteiger partial charge in [-0.05, 0) is 37.3 Å². The molecule has 38 heavy (non-hydrogen) atoms. The van der Waals surface area contributed by atoms with E-state index in [0.29, 0.717) is 40.7 Å². The number of rotatable bonds is 4. The van der Waals surface area contributed by atoms with Crippen molar-refractivity contribution in [2.24, 2.45) is 0 Å². The third kappa shape index (κ3) is 3.79. The zero-order chi connectivity index (χ0) is 26.6. The molecule has 0 radical (unpaired) electrons. The van der Waals surface area contributed by atoms with E-state index >= 15 is 4.39 Å². The van der Waals surface area contributed by atoms with Crippen molar-refractivity contribution in [3.05, 3.63) is 63.5 Å². The number of anilines is 1. The molecule has 0 unspecified atom stereocenters. The van der Waals surface area contributed by atoms with E-state index in [2.05, 4.69) is 14.9 Å². The highest BCUT2D eigenvalue weighted by Crippen LogP contribution is 2.46. The molecule has 0 spiro atoms. The van der Waals surface area contributed by atoms with Crippen LogP contribution in [0, 0.1) is 5.82 Å². The van der Waals surface area contributed by atoms with Crippen LogP contribution >= 0.6 is 11.6 Å². The van der Waals surface area contributed by atoms with Gasteiger partial charge in [0.05, 0.1) is 24.5 Å². The Bertz CT molecular complexity index is 1620. The minimum absolute atomic E-state index is 0.0363. The lowest BCUT2D eigenvalue weighted by Crippen LogP contribution is -2.43. The third-order valence-corrected chi connectivity index (χ3v) is 7.61. The fourth-order valence-electron chi connectivity index (χ4n) is 5.45. The van der Waals surface area contributed by atoms with Crippen molar-refractivity contribution in [2.75, 3.05) is 25.2 Å². The number of nitrogens with zero attached hydrogens (tertiary/aromatic N) is 5. The highest BCUT2D eigenvalue weighted by molar-refractivity contribution is 6.36. The smallest absolute Gasteiger partial charge is 0.356 e. The van der Waals surface area contributed by atoms with Crippen molar-refractivity contribution in [1.82, 2.24) is 19.5 Å². The molecule has 1 fully saturated rings. The fourth-order valence-corrected chi connectivity index (χ4v) is 5.75. The van der Waals surface area contributed by atoms with E-state index < -0.39 is 11.5 Å². The molecule has 0 N–H and O–H groups in total. The zero-order valence-electron chi connectivity index (χ0n) is 21.4. The molecule has 10 heteroatoms. The second-order valence-electron chi connectivity index (χ2n) is 9.89. The molecule has 0 amide bonds. The summed E-state index contributed by atoms with van der Waals surface area (Å²) in [6.07, 6.45) is 4.57. The highest BCUT2D eigenvalue weighted by atomic mass is 35.5. The molecule has 1 aromatic carbocycles. The molecule has 1 atom stereocenters. The van der Waals surface area contributed by atoms with E-state index in [1.54, 1.807) is 30.5 Å². The van der Waals surface area contributed by atoms with Gasteiger partial charge in [-0.3, -0.25) is 4.98 Å². The van der Waals surface area contributed by atoms with Crippen LogP contribution in [0.1, 0.15) is 44.7 Å².